The first-order valence-corrected chi connectivity index (χ1v) is 9.70. The van der Waals surface area contributed by atoms with Gasteiger partial charge in [-0.05, 0) is 37.0 Å². The predicted molar refractivity (Wildman–Crippen MR) is 103 cm³/mol. The van der Waals surface area contributed by atoms with Gasteiger partial charge in [-0.1, -0.05) is 23.9 Å². The first-order valence-electron chi connectivity index (χ1n) is 9.70. The first kappa shape index (κ1) is 20.3. The Balaban J connectivity index is 1.57. The average molecular weight is 390 g/mol. The summed E-state index contributed by atoms with van der Waals surface area (Å²) in [4.78, 5) is 18.6. The maximum absolute atomic E-state index is 13.1. The third kappa shape index (κ3) is 5.10. The van der Waals surface area contributed by atoms with E-state index in [2.05, 4.69) is 17.1 Å². The van der Waals surface area contributed by atoms with Gasteiger partial charge in [-0.15, -0.1) is 0 Å². The van der Waals surface area contributed by atoms with E-state index in [9.17, 15) is 9.18 Å². The van der Waals surface area contributed by atoms with Crippen LogP contribution in [0.15, 0.2) is 42.3 Å². The quantitative estimate of drug-likeness (QED) is 0.519. The van der Waals surface area contributed by atoms with E-state index in [0.717, 1.165) is 17.7 Å². The zero-order valence-electron chi connectivity index (χ0n) is 16.0. The number of carbonyl (C=O) groups is 1. The summed E-state index contributed by atoms with van der Waals surface area (Å²) in [5, 5.41) is 7.21. The lowest BCUT2D eigenvalue weighted by molar-refractivity contribution is -0.140. The number of amides is 1. The Morgan fingerprint density at radius 1 is 1.36 bits per heavy atom. The average Bonchev–Trinajstić information content (AvgIpc) is 3.17. The largest absolute Gasteiger partial charge is 0.502 e. The highest BCUT2D eigenvalue weighted by atomic mass is 19.1. The smallest absolute Gasteiger partial charge is 0.226 e. The van der Waals surface area contributed by atoms with E-state index < -0.39 is 5.41 Å². The lowest BCUT2D eigenvalue weighted by Gasteiger charge is -2.37. The maximum atomic E-state index is 13.1. The van der Waals surface area contributed by atoms with Gasteiger partial charge in [0.25, 0.3) is 0 Å². The van der Waals surface area contributed by atoms with Gasteiger partial charge in [-0.3, -0.25) is 4.79 Å². The van der Waals surface area contributed by atoms with E-state index in [1.165, 1.54) is 18.4 Å². The van der Waals surface area contributed by atoms with Crippen molar-refractivity contribution in [2.24, 2.45) is 10.6 Å². The summed E-state index contributed by atoms with van der Waals surface area (Å²) in [7, 11) is 0. The number of rotatable bonds is 9. The molecule has 3 rings (SSSR count). The Morgan fingerprint density at radius 3 is 2.82 bits per heavy atom. The number of halogens is 1. The molecule has 0 bridgehead atoms. The highest BCUT2D eigenvalue weighted by molar-refractivity contribution is 6.01. The zero-order valence-corrected chi connectivity index (χ0v) is 16.0. The highest BCUT2D eigenvalue weighted by Crippen LogP contribution is 2.38. The van der Waals surface area contributed by atoms with Crippen LogP contribution in [0, 0.1) is 11.2 Å². The molecular weight excluding hydrogens is 363 g/mol. The van der Waals surface area contributed by atoms with Crippen LogP contribution in [0.1, 0.15) is 37.7 Å². The summed E-state index contributed by atoms with van der Waals surface area (Å²) in [5.74, 6) is -0.246. The number of ether oxygens (including phenoxy) is 2. The highest BCUT2D eigenvalue weighted by Gasteiger charge is 2.43. The molecule has 0 radical (unpaired) electrons. The van der Waals surface area contributed by atoms with Crippen molar-refractivity contribution in [2.45, 2.75) is 38.2 Å². The van der Waals surface area contributed by atoms with E-state index in [1.807, 2.05) is 0 Å². The number of benzene rings is 1. The minimum atomic E-state index is -0.518. The molecule has 1 fully saturated rings. The molecule has 2 aliphatic rings. The monoisotopic (exact) mass is 390 g/mol. The maximum Gasteiger partial charge on any atom is 0.226 e. The van der Waals surface area contributed by atoms with Crippen molar-refractivity contribution >= 4 is 11.6 Å². The number of carbonyl (C=O) groups excluding carboxylic acids is 1. The summed E-state index contributed by atoms with van der Waals surface area (Å²) in [6, 6.07) is 6.22. The van der Waals surface area contributed by atoms with E-state index in [-0.39, 0.29) is 17.8 Å². The Morgan fingerprint density at radius 2 is 2.11 bits per heavy atom. The van der Waals surface area contributed by atoms with Gasteiger partial charge in [0.05, 0.1) is 24.0 Å². The van der Waals surface area contributed by atoms with Crippen LogP contribution in [0.3, 0.4) is 0 Å². The van der Waals surface area contributed by atoms with E-state index in [1.54, 1.807) is 12.1 Å². The summed E-state index contributed by atoms with van der Waals surface area (Å²) >= 11 is 0. The number of nitrogens with zero attached hydrogens (tertiary/aromatic N) is 1. The fourth-order valence-electron chi connectivity index (χ4n) is 3.70. The third-order valence-electron chi connectivity index (χ3n) is 5.30. The molecule has 28 heavy (non-hydrogen) atoms. The van der Waals surface area contributed by atoms with Crippen molar-refractivity contribution in [1.29, 1.82) is 0 Å². The predicted octanol–water partition coefficient (Wildman–Crippen LogP) is 3.17. The van der Waals surface area contributed by atoms with Crippen LogP contribution in [0.5, 0.6) is 0 Å². The molecule has 152 valence electrons. The summed E-state index contributed by atoms with van der Waals surface area (Å²) in [6.07, 6.45) is 4.46. The summed E-state index contributed by atoms with van der Waals surface area (Å²) in [6.45, 7) is 5.70. The molecule has 0 aliphatic carbocycles. The number of hydrogen-bond donors (Lipinski definition) is 1. The molecular formula is C21H27FN2O4. The van der Waals surface area contributed by atoms with Gasteiger partial charge in [-0.2, -0.15) is 0 Å². The van der Waals surface area contributed by atoms with Crippen molar-refractivity contribution < 1.29 is 23.5 Å². The molecule has 0 aromatic heterocycles. The Hall–Kier alpha value is -2.41. The minimum Gasteiger partial charge on any atom is -0.502 e. The van der Waals surface area contributed by atoms with Crippen molar-refractivity contribution in [3.05, 3.63) is 48.5 Å². The standard InChI is InChI=1S/C21H27FN2O4/c1-2-26-11-3-10-23-20(25)21(8-12-27-13-9-21)15-18-14-19(24-28-18)16-4-6-17(22)7-5-16/h2,4-7,18H,1,3,8-15H2,(H,23,25). The van der Waals surface area contributed by atoms with Crippen LogP contribution in [-0.2, 0) is 19.1 Å². The van der Waals surface area contributed by atoms with Crippen LogP contribution >= 0.6 is 0 Å². The van der Waals surface area contributed by atoms with Crippen LogP contribution in [-0.4, -0.2) is 44.1 Å². The Kier molecular flexibility index (Phi) is 7.03. The first-order chi connectivity index (χ1) is 13.6. The van der Waals surface area contributed by atoms with Gasteiger partial charge in [0.2, 0.25) is 5.91 Å². The molecule has 1 amide bonds. The molecule has 0 saturated carbocycles. The van der Waals surface area contributed by atoms with Crippen LogP contribution in [0.2, 0.25) is 0 Å². The second-order valence-corrected chi connectivity index (χ2v) is 7.22. The van der Waals surface area contributed by atoms with Gasteiger partial charge in [0.15, 0.2) is 0 Å². The molecule has 1 unspecified atom stereocenters. The van der Waals surface area contributed by atoms with Crippen LogP contribution in [0.25, 0.3) is 0 Å². The van der Waals surface area contributed by atoms with E-state index in [0.29, 0.717) is 52.0 Å². The Bertz CT molecular complexity index is 699. The summed E-state index contributed by atoms with van der Waals surface area (Å²) in [5.41, 5.74) is 1.11. The van der Waals surface area contributed by atoms with E-state index >= 15 is 0 Å². The topological polar surface area (TPSA) is 69.2 Å². The fraction of sp³-hybridized carbons (Fsp3) is 0.524. The van der Waals surface area contributed by atoms with Gasteiger partial charge >= 0.3 is 0 Å². The van der Waals surface area contributed by atoms with E-state index in [4.69, 9.17) is 14.3 Å². The van der Waals surface area contributed by atoms with Gasteiger partial charge in [0, 0.05) is 32.6 Å². The third-order valence-corrected chi connectivity index (χ3v) is 5.30. The molecule has 7 heteroatoms. The fourth-order valence-corrected chi connectivity index (χ4v) is 3.70. The van der Waals surface area contributed by atoms with Gasteiger partial charge in [-0.25, -0.2) is 4.39 Å². The lowest BCUT2D eigenvalue weighted by Crippen LogP contribution is -2.47. The second-order valence-electron chi connectivity index (χ2n) is 7.22. The van der Waals surface area contributed by atoms with Crippen molar-refractivity contribution in [3.63, 3.8) is 0 Å². The lowest BCUT2D eigenvalue weighted by atomic mass is 9.74. The van der Waals surface area contributed by atoms with Crippen LogP contribution < -0.4 is 5.32 Å². The number of oxime groups is 1. The van der Waals surface area contributed by atoms with Crippen molar-refractivity contribution in [2.75, 3.05) is 26.4 Å². The Labute approximate surface area is 164 Å². The molecule has 1 saturated heterocycles. The van der Waals surface area contributed by atoms with Crippen molar-refractivity contribution in [3.8, 4) is 0 Å². The zero-order chi connectivity index (χ0) is 19.8. The molecule has 1 N–H and O–H groups in total. The molecule has 6 nitrogen and oxygen atoms in total. The molecule has 2 heterocycles. The molecule has 0 spiro atoms. The number of nitrogens with one attached hydrogen (secondary N) is 1. The van der Waals surface area contributed by atoms with Crippen LogP contribution in [0.4, 0.5) is 4.39 Å². The minimum absolute atomic E-state index is 0.0354. The number of hydrogen-bond acceptors (Lipinski definition) is 5. The normalized spacial score (nSPS) is 20.8. The SMILES string of the molecule is C=COCCCNC(=O)C1(CC2CC(c3ccc(F)cc3)=NO2)CCOCC1. The molecule has 1 atom stereocenters. The van der Waals surface area contributed by atoms with Crippen molar-refractivity contribution in [1.82, 2.24) is 5.32 Å². The van der Waals surface area contributed by atoms with Gasteiger partial charge in [0.1, 0.15) is 11.9 Å². The molecule has 2 aliphatic heterocycles. The second kappa shape index (κ2) is 9.68. The van der Waals surface area contributed by atoms with Gasteiger partial charge < -0.3 is 19.6 Å². The summed E-state index contributed by atoms with van der Waals surface area (Å²) < 4.78 is 23.7. The molecule has 1 aromatic rings. The molecule has 1 aromatic carbocycles.